The van der Waals surface area contributed by atoms with E-state index in [0.29, 0.717) is 26.1 Å². The van der Waals surface area contributed by atoms with Crippen LogP contribution >= 0.6 is 0 Å². The normalized spacial score (nSPS) is 20.8. The summed E-state index contributed by atoms with van der Waals surface area (Å²) in [5.41, 5.74) is 3.30. The van der Waals surface area contributed by atoms with E-state index < -0.39 is 6.10 Å². The molecule has 174 valence electrons. The van der Waals surface area contributed by atoms with Crippen LogP contribution in [0.15, 0.2) is 42.5 Å². The van der Waals surface area contributed by atoms with Gasteiger partial charge in [-0.1, -0.05) is 24.3 Å². The summed E-state index contributed by atoms with van der Waals surface area (Å²) in [6.07, 6.45) is 1.80. The van der Waals surface area contributed by atoms with E-state index in [1.54, 1.807) is 0 Å². The minimum atomic E-state index is -0.469. The Hall–Kier alpha value is -3.06. The Morgan fingerprint density at radius 3 is 2.64 bits per heavy atom. The summed E-state index contributed by atoms with van der Waals surface area (Å²) in [4.78, 5) is 29.2. The highest BCUT2D eigenvalue weighted by molar-refractivity contribution is 5.83. The number of piperidine rings is 1. The van der Waals surface area contributed by atoms with Crippen LogP contribution in [0.25, 0.3) is 0 Å². The number of fused-ring (bicyclic) bond motifs is 2. The average Bonchev–Trinajstić information content (AvgIpc) is 3.17. The average molecular weight is 451 g/mol. The van der Waals surface area contributed by atoms with Crippen molar-refractivity contribution < 1.29 is 23.8 Å². The van der Waals surface area contributed by atoms with Crippen LogP contribution in [0.1, 0.15) is 29.5 Å². The molecule has 1 fully saturated rings. The molecule has 5 rings (SSSR count). The van der Waals surface area contributed by atoms with Crippen LogP contribution in [0, 0.1) is 5.92 Å². The lowest BCUT2D eigenvalue weighted by Gasteiger charge is -2.30. The summed E-state index contributed by atoms with van der Waals surface area (Å²) in [6.45, 7) is 4.09. The van der Waals surface area contributed by atoms with Crippen molar-refractivity contribution >= 4 is 11.9 Å². The van der Waals surface area contributed by atoms with Gasteiger partial charge in [0.05, 0.1) is 19.6 Å². The molecule has 3 aliphatic rings. The molecule has 0 aromatic heterocycles. The molecule has 0 radical (unpaired) electrons. The number of nitrogens with zero attached hydrogens (tertiary/aromatic N) is 2. The molecule has 2 aromatic rings. The van der Waals surface area contributed by atoms with E-state index in [-0.39, 0.29) is 17.8 Å². The maximum absolute atomic E-state index is 13.2. The van der Waals surface area contributed by atoms with E-state index >= 15 is 0 Å². The van der Waals surface area contributed by atoms with Gasteiger partial charge in [-0.3, -0.25) is 14.5 Å². The topological polar surface area (TPSA) is 68.3 Å². The first-order chi connectivity index (χ1) is 16.1. The number of para-hydroxylation sites is 1. The summed E-state index contributed by atoms with van der Waals surface area (Å²) in [6, 6.07) is 14.1. The highest BCUT2D eigenvalue weighted by atomic mass is 16.5. The second-order valence-electron chi connectivity index (χ2n) is 9.04. The third-order valence-electron chi connectivity index (χ3n) is 6.87. The number of likely N-dealkylation sites (tertiary alicyclic amines) is 1. The zero-order chi connectivity index (χ0) is 22.8. The lowest BCUT2D eigenvalue weighted by Crippen LogP contribution is -2.42. The predicted molar refractivity (Wildman–Crippen MR) is 122 cm³/mol. The highest BCUT2D eigenvalue weighted by Gasteiger charge is 2.33. The van der Waals surface area contributed by atoms with Gasteiger partial charge in [-0.05, 0) is 55.3 Å². The van der Waals surface area contributed by atoms with E-state index in [4.69, 9.17) is 14.2 Å². The summed E-state index contributed by atoms with van der Waals surface area (Å²) < 4.78 is 16.8. The van der Waals surface area contributed by atoms with E-state index in [1.165, 1.54) is 12.7 Å². The SMILES string of the molecule is COC(=O)C1CCN(Cc2ccc3c(c2)CN(C(=O)C2Cc4ccccc4O2)CCO3)CC1. The molecule has 7 nitrogen and oxygen atoms in total. The number of carbonyl (C=O) groups excluding carboxylic acids is 2. The number of esters is 1. The van der Waals surface area contributed by atoms with Crippen molar-refractivity contribution in [2.24, 2.45) is 5.92 Å². The fourth-order valence-electron chi connectivity index (χ4n) is 5.01. The zero-order valence-corrected chi connectivity index (χ0v) is 19.0. The van der Waals surface area contributed by atoms with Crippen LogP contribution in [0.3, 0.4) is 0 Å². The quantitative estimate of drug-likeness (QED) is 0.668. The zero-order valence-electron chi connectivity index (χ0n) is 19.0. The summed E-state index contributed by atoms with van der Waals surface area (Å²) in [5.74, 6) is 1.57. The Morgan fingerprint density at radius 1 is 1.03 bits per heavy atom. The molecule has 33 heavy (non-hydrogen) atoms. The van der Waals surface area contributed by atoms with Gasteiger partial charge in [0.15, 0.2) is 6.10 Å². The largest absolute Gasteiger partial charge is 0.491 e. The van der Waals surface area contributed by atoms with Gasteiger partial charge in [0, 0.05) is 25.1 Å². The molecule has 1 atom stereocenters. The highest BCUT2D eigenvalue weighted by Crippen LogP contribution is 2.31. The predicted octanol–water partition coefficient (Wildman–Crippen LogP) is 2.80. The van der Waals surface area contributed by atoms with Crippen molar-refractivity contribution in [1.29, 1.82) is 0 Å². The standard InChI is InChI=1S/C26H30N2O5/c1-31-26(30)19-8-10-27(11-9-19)16-18-6-7-22-21(14-18)17-28(12-13-32-22)25(29)24-15-20-4-2-3-5-23(20)33-24/h2-7,14,19,24H,8-13,15-17H2,1H3. The van der Waals surface area contributed by atoms with Crippen molar-refractivity contribution in [3.63, 3.8) is 0 Å². The van der Waals surface area contributed by atoms with Crippen molar-refractivity contribution in [2.75, 3.05) is 33.4 Å². The van der Waals surface area contributed by atoms with E-state index in [0.717, 1.165) is 55.1 Å². The van der Waals surface area contributed by atoms with Crippen molar-refractivity contribution in [3.8, 4) is 11.5 Å². The molecule has 0 N–H and O–H groups in total. The van der Waals surface area contributed by atoms with Gasteiger partial charge in [-0.15, -0.1) is 0 Å². The van der Waals surface area contributed by atoms with Gasteiger partial charge in [0.2, 0.25) is 0 Å². The van der Waals surface area contributed by atoms with Gasteiger partial charge in [0.1, 0.15) is 18.1 Å². The second kappa shape index (κ2) is 9.43. The van der Waals surface area contributed by atoms with Crippen molar-refractivity contribution in [3.05, 3.63) is 59.2 Å². The smallest absolute Gasteiger partial charge is 0.308 e. The molecular formula is C26H30N2O5. The van der Waals surface area contributed by atoms with Gasteiger partial charge < -0.3 is 19.1 Å². The summed E-state index contributed by atoms with van der Waals surface area (Å²) in [7, 11) is 1.46. The fraction of sp³-hybridized carbons (Fsp3) is 0.462. The minimum absolute atomic E-state index is 0.00945. The number of carbonyl (C=O) groups is 2. The molecule has 0 spiro atoms. The molecule has 2 aromatic carbocycles. The Balaban J connectivity index is 1.23. The minimum Gasteiger partial charge on any atom is -0.491 e. The number of methoxy groups -OCH3 is 1. The maximum atomic E-state index is 13.2. The Morgan fingerprint density at radius 2 is 1.85 bits per heavy atom. The molecule has 0 saturated carbocycles. The Bertz CT molecular complexity index is 1010. The third kappa shape index (κ3) is 4.69. The van der Waals surface area contributed by atoms with E-state index in [9.17, 15) is 9.59 Å². The van der Waals surface area contributed by atoms with Crippen LogP contribution in [0.2, 0.25) is 0 Å². The lowest BCUT2D eigenvalue weighted by atomic mass is 9.96. The number of benzene rings is 2. The first-order valence-electron chi connectivity index (χ1n) is 11.7. The molecule has 3 heterocycles. The van der Waals surface area contributed by atoms with Crippen LogP contribution in [-0.4, -0.2) is 61.1 Å². The molecule has 1 unspecified atom stereocenters. The molecular weight excluding hydrogens is 420 g/mol. The van der Waals surface area contributed by atoms with Gasteiger partial charge >= 0.3 is 5.97 Å². The second-order valence-corrected chi connectivity index (χ2v) is 9.04. The number of ether oxygens (including phenoxy) is 3. The van der Waals surface area contributed by atoms with Crippen LogP contribution < -0.4 is 9.47 Å². The molecule has 0 bridgehead atoms. The number of hydrogen-bond acceptors (Lipinski definition) is 6. The molecule has 0 aliphatic carbocycles. The molecule has 1 saturated heterocycles. The first kappa shape index (κ1) is 21.8. The number of amides is 1. The van der Waals surface area contributed by atoms with Gasteiger partial charge in [-0.2, -0.15) is 0 Å². The molecule has 3 aliphatic heterocycles. The van der Waals surface area contributed by atoms with Crippen molar-refractivity contribution in [1.82, 2.24) is 9.80 Å². The summed E-state index contributed by atoms with van der Waals surface area (Å²) in [5, 5.41) is 0. The third-order valence-corrected chi connectivity index (χ3v) is 6.87. The fourth-order valence-corrected chi connectivity index (χ4v) is 5.01. The van der Waals surface area contributed by atoms with Gasteiger partial charge in [0.25, 0.3) is 5.91 Å². The Kier molecular flexibility index (Phi) is 6.22. The molecule has 7 heteroatoms. The number of rotatable bonds is 4. The van der Waals surface area contributed by atoms with Crippen LogP contribution in [-0.2, 0) is 33.8 Å². The summed E-state index contributed by atoms with van der Waals surface area (Å²) >= 11 is 0. The van der Waals surface area contributed by atoms with E-state index in [1.807, 2.05) is 35.2 Å². The van der Waals surface area contributed by atoms with Gasteiger partial charge in [-0.25, -0.2) is 0 Å². The first-order valence-corrected chi connectivity index (χ1v) is 11.7. The van der Waals surface area contributed by atoms with Crippen molar-refractivity contribution in [2.45, 2.75) is 38.5 Å². The lowest BCUT2D eigenvalue weighted by molar-refractivity contribution is -0.147. The monoisotopic (exact) mass is 450 g/mol. The van der Waals surface area contributed by atoms with Crippen LogP contribution in [0.5, 0.6) is 11.5 Å². The van der Waals surface area contributed by atoms with E-state index in [2.05, 4.69) is 17.0 Å². The molecule has 1 amide bonds. The Labute approximate surface area is 194 Å². The van der Waals surface area contributed by atoms with Crippen LogP contribution in [0.4, 0.5) is 0 Å². The number of hydrogen-bond donors (Lipinski definition) is 0. The maximum Gasteiger partial charge on any atom is 0.308 e.